The number of aryl methyl sites for hydroxylation is 1. The zero-order chi connectivity index (χ0) is 12.6. The maximum Gasteiger partial charge on any atom is 0.295 e. The molecule has 0 saturated carbocycles. The van der Waals surface area contributed by atoms with Crippen LogP contribution in [0.4, 0.5) is 5.69 Å². The Morgan fingerprint density at radius 1 is 1.53 bits per heavy atom. The summed E-state index contributed by atoms with van der Waals surface area (Å²) in [5.74, 6) is 0. The number of nitrogens with zero attached hydrogens (tertiary/aromatic N) is 3. The van der Waals surface area contributed by atoms with Crippen LogP contribution < -0.4 is 0 Å². The van der Waals surface area contributed by atoms with E-state index in [0.29, 0.717) is 20.9 Å². The molecule has 0 N–H and O–H groups in total. The summed E-state index contributed by atoms with van der Waals surface area (Å²) in [4.78, 5) is 10.5. The zero-order valence-electron chi connectivity index (χ0n) is 8.72. The number of nitro benzene ring substituents is 1. The zero-order valence-corrected chi connectivity index (χ0v) is 11.1. The third-order valence-electron chi connectivity index (χ3n) is 2.22. The summed E-state index contributed by atoms with van der Waals surface area (Å²) in [6.07, 6.45) is 1.55. The fourth-order valence-electron chi connectivity index (χ4n) is 1.40. The molecule has 0 amide bonds. The monoisotopic (exact) mass is 315 g/mol. The van der Waals surface area contributed by atoms with Crippen molar-refractivity contribution in [2.45, 2.75) is 6.92 Å². The highest BCUT2D eigenvalue weighted by Gasteiger charge is 2.17. The molecule has 88 valence electrons. The van der Waals surface area contributed by atoms with Gasteiger partial charge in [-0.3, -0.25) is 10.1 Å². The fraction of sp³-hybridized carbons (Fsp3) is 0.100. The molecule has 1 aromatic heterocycles. The number of aromatic nitrogens is 2. The molecule has 1 heterocycles. The van der Waals surface area contributed by atoms with Crippen LogP contribution in [0.5, 0.6) is 0 Å². The number of hydrogen-bond acceptors (Lipinski definition) is 3. The molecule has 2 aromatic rings. The standard InChI is InChI=1S/C10H7BrClN3O2/c1-6-8(12)5-14(13-6)9-3-2-7(11)4-10(9)15(16)17/h2-5H,1H3. The van der Waals surface area contributed by atoms with E-state index in [-0.39, 0.29) is 5.69 Å². The molecule has 0 radical (unpaired) electrons. The second kappa shape index (κ2) is 4.46. The molecule has 2 rings (SSSR count). The molecule has 17 heavy (non-hydrogen) atoms. The minimum absolute atomic E-state index is 0.0291. The van der Waals surface area contributed by atoms with Crippen LogP contribution in [-0.4, -0.2) is 14.7 Å². The van der Waals surface area contributed by atoms with Gasteiger partial charge in [-0.2, -0.15) is 5.10 Å². The topological polar surface area (TPSA) is 61.0 Å². The lowest BCUT2D eigenvalue weighted by Crippen LogP contribution is -2.00. The molecule has 0 aliphatic rings. The molecule has 5 nitrogen and oxygen atoms in total. The first kappa shape index (κ1) is 12.1. The van der Waals surface area contributed by atoms with Crippen molar-refractivity contribution in [1.29, 1.82) is 0 Å². The number of halogens is 2. The summed E-state index contributed by atoms with van der Waals surface area (Å²) in [6.45, 7) is 1.74. The predicted molar refractivity (Wildman–Crippen MR) is 67.7 cm³/mol. The van der Waals surface area contributed by atoms with Crippen molar-refractivity contribution in [3.63, 3.8) is 0 Å². The number of benzene rings is 1. The minimum Gasteiger partial charge on any atom is -0.258 e. The van der Waals surface area contributed by atoms with E-state index in [0.717, 1.165) is 0 Å². The van der Waals surface area contributed by atoms with Crippen LogP contribution in [0.1, 0.15) is 5.69 Å². The molecule has 0 aliphatic carbocycles. The molecule has 0 unspecified atom stereocenters. The molecule has 0 spiro atoms. The lowest BCUT2D eigenvalue weighted by molar-refractivity contribution is -0.384. The van der Waals surface area contributed by atoms with Gasteiger partial charge in [0.05, 0.1) is 15.6 Å². The van der Waals surface area contributed by atoms with E-state index in [1.165, 1.54) is 10.7 Å². The van der Waals surface area contributed by atoms with E-state index in [1.807, 2.05) is 0 Å². The van der Waals surface area contributed by atoms with Gasteiger partial charge in [0.25, 0.3) is 5.69 Å². The van der Waals surface area contributed by atoms with Crippen molar-refractivity contribution in [3.8, 4) is 5.69 Å². The van der Waals surface area contributed by atoms with Gasteiger partial charge in [-0.15, -0.1) is 0 Å². The molecule has 7 heteroatoms. The van der Waals surface area contributed by atoms with Gasteiger partial charge in [0, 0.05) is 16.7 Å². The number of hydrogen-bond donors (Lipinski definition) is 0. The summed E-state index contributed by atoms with van der Waals surface area (Å²) >= 11 is 9.08. The van der Waals surface area contributed by atoms with Crippen molar-refractivity contribution in [1.82, 2.24) is 9.78 Å². The van der Waals surface area contributed by atoms with Gasteiger partial charge < -0.3 is 0 Å². The third-order valence-corrected chi connectivity index (χ3v) is 3.08. The normalized spacial score (nSPS) is 10.5. The summed E-state index contributed by atoms with van der Waals surface area (Å²) in [7, 11) is 0. The Kier molecular flexibility index (Phi) is 3.17. The molecule has 0 fully saturated rings. The molecular weight excluding hydrogens is 309 g/mol. The van der Waals surface area contributed by atoms with E-state index < -0.39 is 4.92 Å². The lowest BCUT2D eigenvalue weighted by atomic mass is 10.3. The fourth-order valence-corrected chi connectivity index (χ4v) is 1.88. The molecule has 0 bridgehead atoms. The minimum atomic E-state index is -0.453. The average molecular weight is 317 g/mol. The van der Waals surface area contributed by atoms with Crippen LogP contribution in [0.15, 0.2) is 28.9 Å². The SMILES string of the molecule is Cc1nn(-c2ccc(Br)cc2[N+](=O)[O-])cc1Cl. The van der Waals surface area contributed by atoms with Gasteiger partial charge in [-0.1, -0.05) is 27.5 Å². The number of nitro groups is 1. The smallest absolute Gasteiger partial charge is 0.258 e. The first-order valence-electron chi connectivity index (χ1n) is 4.65. The Hall–Kier alpha value is -1.40. The Labute approximate surface area is 110 Å². The van der Waals surface area contributed by atoms with E-state index in [1.54, 1.807) is 25.3 Å². The van der Waals surface area contributed by atoms with Crippen molar-refractivity contribution < 1.29 is 4.92 Å². The first-order valence-corrected chi connectivity index (χ1v) is 5.82. The van der Waals surface area contributed by atoms with Crippen LogP contribution >= 0.6 is 27.5 Å². The Bertz CT molecular complexity index is 578. The maximum absolute atomic E-state index is 10.9. The van der Waals surface area contributed by atoms with Gasteiger partial charge in [-0.05, 0) is 19.1 Å². The van der Waals surface area contributed by atoms with Gasteiger partial charge in [0.2, 0.25) is 0 Å². The van der Waals surface area contributed by atoms with Gasteiger partial charge in [-0.25, -0.2) is 4.68 Å². The van der Waals surface area contributed by atoms with Crippen molar-refractivity contribution >= 4 is 33.2 Å². The highest BCUT2D eigenvalue weighted by Crippen LogP contribution is 2.27. The molecule has 1 aromatic carbocycles. The van der Waals surface area contributed by atoms with Crippen LogP contribution in [0, 0.1) is 17.0 Å². The van der Waals surface area contributed by atoms with Crippen LogP contribution in [0.25, 0.3) is 5.69 Å². The summed E-state index contributed by atoms with van der Waals surface area (Å²) in [5.41, 5.74) is 0.982. The highest BCUT2D eigenvalue weighted by atomic mass is 79.9. The van der Waals surface area contributed by atoms with E-state index in [9.17, 15) is 10.1 Å². The van der Waals surface area contributed by atoms with E-state index >= 15 is 0 Å². The second-order valence-corrected chi connectivity index (χ2v) is 4.72. The van der Waals surface area contributed by atoms with Gasteiger partial charge in [0.15, 0.2) is 0 Å². The van der Waals surface area contributed by atoms with Crippen LogP contribution in [0.3, 0.4) is 0 Å². The summed E-state index contributed by atoms with van der Waals surface area (Å²) < 4.78 is 2.05. The highest BCUT2D eigenvalue weighted by molar-refractivity contribution is 9.10. The first-order chi connectivity index (χ1) is 7.99. The largest absolute Gasteiger partial charge is 0.295 e. The Morgan fingerprint density at radius 2 is 2.24 bits per heavy atom. The lowest BCUT2D eigenvalue weighted by Gasteiger charge is -2.02. The van der Waals surface area contributed by atoms with Crippen LogP contribution in [-0.2, 0) is 0 Å². The number of rotatable bonds is 2. The summed E-state index contributed by atoms with van der Waals surface area (Å²) in [5, 5.41) is 15.5. The van der Waals surface area contributed by atoms with Crippen LogP contribution in [0.2, 0.25) is 5.02 Å². The molecular formula is C10H7BrClN3O2. The van der Waals surface area contributed by atoms with Crippen molar-refractivity contribution in [2.24, 2.45) is 0 Å². The van der Waals surface area contributed by atoms with E-state index in [2.05, 4.69) is 21.0 Å². The molecule has 0 aliphatic heterocycles. The van der Waals surface area contributed by atoms with Crippen molar-refractivity contribution in [3.05, 3.63) is 49.7 Å². The van der Waals surface area contributed by atoms with Gasteiger partial charge in [0.1, 0.15) is 5.69 Å². The predicted octanol–water partition coefficient (Wildman–Crippen LogP) is 3.50. The summed E-state index contributed by atoms with van der Waals surface area (Å²) in [6, 6.07) is 4.76. The van der Waals surface area contributed by atoms with Crippen molar-refractivity contribution in [2.75, 3.05) is 0 Å². The maximum atomic E-state index is 10.9. The molecule has 0 saturated heterocycles. The Morgan fingerprint density at radius 3 is 2.76 bits per heavy atom. The van der Waals surface area contributed by atoms with E-state index in [4.69, 9.17) is 11.6 Å². The Balaban J connectivity index is 2.62. The second-order valence-electron chi connectivity index (χ2n) is 3.40. The third kappa shape index (κ3) is 2.32. The van der Waals surface area contributed by atoms with Gasteiger partial charge >= 0.3 is 0 Å². The quantitative estimate of drug-likeness (QED) is 0.629. The molecule has 0 atom stereocenters. The average Bonchev–Trinajstić information content (AvgIpc) is 2.59.